The summed E-state index contributed by atoms with van der Waals surface area (Å²) in [5, 5.41) is 0. The van der Waals surface area contributed by atoms with E-state index in [1.165, 1.54) is 18.2 Å². The van der Waals surface area contributed by atoms with Gasteiger partial charge < -0.3 is 4.90 Å². The molecule has 0 aliphatic rings. The maximum absolute atomic E-state index is 13.0. The molecule has 1 aromatic heterocycles. The summed E-state index contributed by atoms with van der Waals surface area (Å²) in [5.41, 5.74) is 1.58. The third-order valence-electron chi connectivity index (χ3n) is 2.99. The maximum atomic E-state index is 13.0. The Morgan fingerprint density at radius 2 is 2.00 bits per heavy atom. The number of likely N-dealkylation sites (N-methyl/N-ethyl adjacent to an activating group) is 1. The lowest BCUT2D eigenvalue weighted by atomic mass is 10.1. The molecule has 1 amide bonds. The van der Waals surface area contributed by atoms with Gasteiger partial charge in [-0.05, 0) is 58.2 Å². The summed E-state index contributed by atoms with van der Waals surface area (Å²) in [4.78, 5) is 17.8. The lowest BCUT2D eigenvalue weighted by Gasteiger charge is -2.18. The lowest BCUT2D eigenvalue weighted by molar-refractivity contribution is 0.0795. The van der Waals surface area contributed by atoms with Gasteiger partial charge in [-0.1, -0.05) is 0 Å². The fraction of sp³-hybridized carbons (Fsp3) is 0.200. The molecule has 0 N–H and O–H groups in total. The van der Waals surface area contributed by atoms with Crippen molar-refractivity contribution in [2.45, 2.75) is 6.42 Å². The number of halogens is 2. The minimum atomic E-state index is -0.368. The number of carbonyl (C=O) groups excluding carboxylic acids is 1. The molecule has 0 spiro atoms. The molecule has 2 aromatic rings. The van der Waals surface area contributed by atoms with Crippen molar-refractivity contribution in [1.29, 1.82) is 0 Å². The molecule has 0 bridgehead atoms. The molecular formula is C15H14BrFN2O. The molecule has 0 unspecified atom stereocenters. The minimum absolute atomic E-state index is 0.133. The van der Waals surface area contributed by atoms with Crippen LogP contribution in [0.4, 0.5) is 4.39 Å². The van der Waals surface area contributed by atoms with Gasteiger partial charge in [-0.15, -0.1) is 0 Å². The Morgan fingerprint density at radius 3 is 2.65 bits per heavy atom. The van der Waals surface area contributed by atoms with E-state index in [1.807, 2.05) is 12.1 Å². The first kappa shape index (κ1) is 14.7. The highest BCUT2D eigenvalue weighted by Crippen LogP contribution is 2.19. The van der Waals surface area contributed by atoms with Crippen LogP contribution in [0.15, 0.2) is 47.2 Å². The largest absolute Gasteiger partial charge is 0.341 e. The maximum Gasteiger partial charge on any atom is 0.254 e. The van der Waals surface area contributed by atoms with Crippen LogP contribution >= 0.6 is 15.9 Å². The summed E-state index contributed by atoms with van der Waals surface area (Å²) in [6.07, 6.45) is 4.21. The average molecular weight is 337 g/mol. The van der Waals surface area contributed by atoms with Gasteiger partial charge in [0.2, 0.25) is 0 Å². The zero-order valence-electron chi connectivity index (χ0n) is 11.0. The Morgan fingerprint density at radius 1 is 1.30 bits per heavy atom. The van der Waals surface area contributed by atoms with E-state index >= 15 is 0 Å². The molecule has 5 heteroatoms. The second-order valence-electron chi connectivity index (χ2n) is 4.46. The number of rotatable bonds is 4. The summed E-state index contributed by atoms with van der Waals surface area (Å²) in [6.45, 7) is 0.590. The van der Waals surface area contributed by atoms with Crippen LogP contribution in [-0.2, 0) is 6.42 Å². The van der Waals surface area contributed by atoms with Crippen molar-refractivity contribution in [3.8, 4) is 0 Å². The standard InChI is InChI=1S/C15H14BrFN2O/c1-19(9-6-11-4-7-18-8-5-11)15(20)13-3-2-12(17)10-14(13)16/h2-5,7-8,10H,6,9H2,1H3. The van der Waals surface area contributed by atoms with Crippen LogP contribution in [0.1, 0.15) is 15.9 Å². The van der Waals surface area contributed by atoms with Crippen molar-refractivity contribution in [1.82, 2.24) is 9.88 Å². The first-order valence-corrected chi connectivity index (χ1v) is 6.96. The van der Waals surface area contributed by atoms with E-state index < -0.39 is 0 Å². The molecule has 0 saturated heterocycles. The summed E-state index contributed by atoms with van der Waals surface area (Å²) in [7, 11) is 1.74. The zero-order valence-corrected chi connectivity index (χ0v) is 12.6. The number of pyridine rings is 1. The molecule has 0 atom stereocenters. The number of benzene rings is 1. The summed E-state index contributed by atoms with van der Waals surface area (Å²) < 4.78 is 13.5. The first-order chi connectivity index (χ1) is 9.58. The molecule has 0 fully saturated rings. The summed E-state index contributed by atoms with van der Waals surface area (Å²) in [5.74, 6) is -0.501. The molecule has 0 radical (unpaired) electrons. The van der Waals surface area contributed by atoms with Gasteiger partial charge >= 0.3 is 0 Å². The van der Waals surface area contributed by atoms with Crippen molar-refractivity contribution >= 4 is 21.8 Å². The van der Waals surface area contributed by atoms with Crippen LogP contribution in [0, 0.1) is 5.82 Å². The predicted octanol–water partition coefficient (Wildman–Crippen LogP) is 3.30. The molecule has 0 saturated carbocycles. The summed E-state index contributed by atoms with van der Waals surface area (Å²) in [6, 6.07) is 7.92. The lowest BCUT2D eigenvalue weighted by Crippen LogP contribution is -2.29. The Hall–Kier alpha value is -1.75. The van der Waals surface area contributed by atoms with Gasteiger partial charge in [-0.25, -0.2) is 4.39 Å². The Labute approximate surface area is 125 Å². The van der Waals surface area contributed by atoms with E-state index in [9.17, 15) is 9.18 Å². The van der Waals surface area contributed by atoms with E-state index in [2.05, 4.69) is 20.9 Å². The molecular weight excluding hydrogens is 323 g/mol. The molecule has 20 heavy (non-hydrogen) atoms. The quantitative estimate of drug-likeness (QED) is 0.858. The number of amides is 1. The van der Waals surface area contributed by atoms with Gasteiger partial charge in [0.1, 0.15) is 5.82 Å². The summed E-state index contributed by atoms with van der Waals surface area (Å²) >= 11 is 3.22. The highest BCUT2D eigenvalue weighted by Gasteiger charge is 2.15. The second kappa shape index (κ2) is 6.61. The van der Waals surface area contributed by atoms with Gasteiger partial charge in [-0.3, -0.25) is 9.78 Å². The van der Waals surface area contributed by atoms with E-state index in [1.54, 1.807) is 24.3 Å². The smallest absolute Gasteiger partial charge is 0.254 e. The Bertz CT molecular complexity index is 604. The molecule has 3 nitrogen and oxygen atoms in total. The van der Waals surface area contributed by atoms with Crippen LogP contribution in [0.25, 0.3) is 0 Å². The molecule has 0 aliphatic heterocycles. The molecule has 1 aromatic carbocycles. The fourth-order valence-corrected chi connectivity index (χ4v) is 2.34. The third kappa shape index (κ3) is 3.63. The highest BCUT2D eigenvalue weighted by molar-refractivity contribution is 9.10. The second-order valence-corrected chi connectivity index (χ2v) is 5.31. The van der Waals surface area contributed by atoms with E-state index in [0.29, 0.717) is 16.6 Å². The number of carbonyl (C=O) groups is 1. The van der Waals surface area contributed by atoms with Crippen LogP contribution in [-0.4, -0.2) is 29.4 Å². The van der Waals surface area contributed by atoms with Crippen LogP contribution in [0.3, 0.4) is 0 Å². The minimum Gasteiger partial charge on any atom is -0.341 e. The highest BCUT2D eigenvalue weighted by atomic mass is 79.9. The van der Waals surface area contributed by atoms with Gasteiger partial charge in [0.25, 0.3) is 5.91 Å². The van der Waals surface area contributed by atoms with Gasteiger partial charge in [0.15, 0.2) is 0 Å². The molecule has 2 rings (SSSR count). The Balaban J connectivity index is 2.01. The van der Waals surface area contributed by atoms with Crippen molar-refractivity contribution < 1.29 is 9.18 Å². The SMILES string of the molecule is CN(CCc1ccncc1)C(=O)c1ccc(F)cc1Br. The van der Waals surface area contributed by atoms with Crippen LogP contribution < -0.4 is 0 Å². The molecule has 104 valence electrons. The molecule has 0 aliphatic carbocycles. The Kier molecular flexibility index (Phi) is 4.84. The van der Waals surface area contributed by atoms with Crippen LogP contribution in [0.2, 0.25) is 0 Å². The van der Waals surface area contributed by atoms with Crippen LogP contribution in [0.5, 0.6) is 0 Å². The monoisotopic (exact) mass is 336 g/mol. The van der Waals surface area contributed by atoms with Gasteiger partial charge in [0, 0.05) is 30.5 Å². The number of aromatic nitrogens is 1. The average Bonchev–Trinajstić information content (AvgIpc) is 2.45. The van der Waals surface area contributed by atoms with Gasteiger partial charge in [-0.2, -0.15) is 0 Å². The predicted molar refractivity (Wildman–Crippen MR) is 79.0 cm³/mol. The van der Waals surface area contributed by atoms with Crippen molar-refractivity contribution in [2.24, 2.45) is 0 Å². The van der Waals surface area contributed by atoms with Crippen molar-refractivity contribution in [2.75, 3.05) is 13.6 Å². The van der Waals surface area contributed by atoms with E-state index in [-0.39, 0.29) is 11.7 Å². The van der Waals surface area contributed by atoms with Gasteiger partial charge in [0.05, 0.1) is 5.56 Å². The topological polar surface area (TPSA) is 33.2 Å². The van der Waals surface area contributed by atoms with E-state index in [0.717, 1.165) is 12.0 Å². The van der Waals surface area contributed by atoms with E-state index in [4.69, 9.17) is 0 Å². The fourth-order valence-electron chi connectivity index (χ4n) is 1.82. The van der Waals surface area contributed by atoms with Crippen molar-refractivity contribution in [3.05, 3.63) is 64.1 Å². The third-order valence-corrected chi connectivity index (χ3v) is 3.65. The first-order valence-electron chi connectivity index (χ1n) is 6.17. The van der Waals surface area contributed by atoms with Crippen molar-refractivity contribution in [3.63, 3.8) is 0 Å². The number of hydrogen-bond acceptors (Lipinski definition) is 2. The number of nitrogens with zero attached hydrogens (tertiary/aromatic N) is 2. The normalized spacial score (nSPS) is 10.3. The zero-order chi connectivity index (χ0) is 14.5. The molecule has 1 heterocycles. The number of hydrogen-bond donors (Lipinski definition) is 0.